The molecular weight excluding hydrogens is 398 g/mol. The minimum atomic E-state index is 0.188. The fraction of sp³-hybridized carbons (Fsp3) is 0.375. The van der Waals surface area contributed by atoms with Crippen LogP contribution in [0.2, 0.25) is 0 Å². The van der Waals surface area contributed by atoms with Gasteiger partial charge in [0.25, 0.3) is 0 Å². The van der Waals surface area contributed by atoms with Crippen molar-refractivity contribution >= 4 is 23.1 Å². The van der Waals surface area contributed by atoms with Gasteiger partial charge in [0.1, 0.15) is 0 Å². The number of anilines is 3. The third kappa shape index (κ3) is 5.77. The Hall–Kier alpha value is -2.80. The fourth-order valence-electron chi connectivity index (χ4n) is 4.90. The van der Waals surface area contributed by atoms with Gasteiger partial charge in [0.15, 0.2) is 0 Å². The van der Waals surface area contributed by atoms with Crippen LogP contribution in [0, 0.1) is 0 Å². The van der Waals surface area contributed by atoms with Crippen LogP contribution in [0.25, 0.3) is 6.08 Å². The highest BCUT2D eigenvalue weighted by atomic mass is 15.1. The molecule has 3 aromatic rings. The highest BCUT2D eigenvalue weighted by molar-refractivity contribution is 5.78. The maximum atomic E-state index is 3.97. The molecule has 0 aromatic heterocycles. The van der Waals surface area contributed by atoms with Gasteiger partial charge in [-0.1, -0.05) is 103 Å². The third-order valence-corrected chi connectivity index (χ3v) is 6.93. The summed E-state index contributed by atoms with van der Waals surface area (Å²) in [5.41, 5.74) is 7.78. The molecule has 33 heavy (non-hydrogen) atoms. The highest BCUT2D eigenvalue weighted by Crippen LogP contribution is 2.38. The summed E-state index contributed by atoms with van der Waals surface area (Å²) in [5.74, 6) is 0. The summed E-state index contributed by atoms with van der Waals surface area (Å²) < 4.78 is 0. The Labute approximate surface area is 202 Å². The molecule has 0 aliphatic heterocycles. The van der Waals surface area contributed by atoms with Crippen molar-refractivity contribution in [1.82, 2.24) is 0 Å². The summed E-state index contributed by atoms with van der Waals surface area (Å²) in [4.78, 5) is 2.35. The van der Waals surface area contributed by atoms with Crippen LogP contribution in [-0.2, 0) is 10.8 Å². The molecule has 3 aromatic carbocycles. The minimum absolute atomic E-state index is 0.188. The van der Waals surface area contributed by atoms with Crippen LogP contribution in [0.5, 0.6) is 0 Å². The van der Waals surface area contributed by atoms with Crippen LogP contribution in [0.3, 0.4) is 0 Å². The van der Waals surface area contributed by atoms with E-state index in [9.17, 15) is 0 Å². The molecule has 0 aliphatic rings. The average molecular weight is 440 g/mol. The SMILES string of the molecule is C=Cc1cccc(N(c2ccc(C(C)(C)CCC)cc2)c2ccc(C(C)(C)CCC)cc2)c1. The van der Waals surface area contributed by atoms with Crippen LogP contribution in [0.1, 0.15) is 83.9 Å². The van der Waals surface area contributed by atoms with Gasteiger partial charge in [-0.25, -0.2) is 0 Å². The Balaban J connectivity index is 2.05. The molecule has 0 unspecified atom stereocenters. The molecule has 0 atom stereocenters. The lowest BCUT2D eigenvalue weighted by Crippen LogP contribution is -2.18. The average Bonchev–Trinajstić information content (AvgIpc) is 2.80. The smallest absolute Gasteiger partial charge is 0.0467 e. The topological polar surface area (TPSA) is 3.24 Å². The van der Waals surface area contributed by atoms with E-state index < -0.39 is 0 Å². The van der Waals surface area contributed by atoms with E-state index in [1.54, 1.807) is 0 Å². The van der Waals surface area contributed by atoms with Crippen molar-refractivity contribution in [3.63, 3.8) is 0 Å². The molecule has 0 N–H and O–H groups in total. The van der Waals surface area contributed by atoms with E-state index in [0.29, 0.717) is 0 Å². The zero-order valence-electron chi connectivity index (χ0n) is 21.5. The Bertz CT molecular complexity index is 977. The summed E-state index contributed by atoms with van der Waals surface area (Å²) in [6, 6.07) is 26.9. The molecule has 0 fully saturated rings. The molecule has 0 radical (unpaired) electrons. The lowest BCUT2D eigenvalue weighted by molar-refractivity contribution is 0.473. The largest absolute Gasteiger partial charge is 0.310 e. The Morgan fingerprint density at radius 2 is 1.12 bits per heavy atom. The van der Waals surface area contributed by atoms with Crippen molar-refractivity contribution < 1.29 is 0 Å². The van der Waals surface area contributed by atoms with E-state index in [-0.39, 0.29) is 10.8 Å². The van der Waals surface area contributed by atoms with Gasteiger partial charge in [0.05, 0.1) is 0 Å². The highest BCUT2D eigenvalue weighted by Gasteiger charge is 2.22. The molecule has 0 saturated heterocycles. The van der Waals surface area contributed by atoms with Gasteiger partial charge < -0.3 is 4.90 Å². The van der Waals surface area contributed by atoms with Gasteiger partial charge in [0, 0.05) is 17.1 Å². The van der Waals surface area contributed by atoms with Crippen molar-refractivity contribution in [1.29, 1.82) is 0 Å². The van der Waals surface area contributed by atoms with Crippen molar-refractivity contribution in [3.8, 4) is 0 Å². The van der Waals surface area contributed by atoms with E-state index in [4.69, 9.17) is 0 Å². The van der Waals surface area contributed by atoms with Crippen molar-refractivity contribution in [3.05, 3.63) is 96.1 Å². The maximum Gasteiger partial charge on any atom is 0.0467 e. The van der Waals surface area contributed by atoms with Crippen LogP contribution in [0.4, 0.5) is 17.1 Å². The molecule has 3 rings (SSSR count). The van der Waals surface area contributed by atoms with Crippen molar-refractivity contribution in [2.75, 3.05) is 4.90 Å². The van der Waals surface area contributed by atoms with Gasteiger partial charge in [-0.3, -0.25) is 0 Å². The molecule has 0 bridgehead atoms. The lowest BCUT2D eigenvalue weighted by atomic mass is 9.80. The number of hydrogen-bond acceptors (Lipinski definition) is 1. The van der Waals surface area contributed by atoms with Crippen molar-refractivity contribution in [2.24, 2.45) is 0 Å². The van der Waals surface area contributed by atoms with Gasteiger partial charge in [0.2, 0.25) is 0 Å². The van der Waals surface area contributed by atoms with E-state index >= 15 is 0 Å². The standard InChI is InChI=1S/C32H41N/c1-8-22-31(4,5)26-14-18-28(19-15-26)33(30-13-11-12-25(10-3)24-30)29-20-16-27(17-21-29)32(6,7)23-9-2/h10-21,24H,3,8-9,22-23H2,1-2,4-7H3. The molecular formula is C32H41N. The van der Waals surface area contributed by atoms with E-state index in [1.165, 1.54) is 48.2 Å². The molecule has 0 aliphatic carbocycles. The van der Waals surface area contributed by atoms with E-state index in [0.717, 1.165) is 11.3 Å². The normalized spacial score (nSPS) is 11.9. The Morgan fingerprint density at radius 3 is 1.52 bits per heavy atom. The zero-order valence-corrected chi connectivity index (χ0v) is 21.5. The van der Waals surface area contributed by atoms with Crippen LogP contribution < -0.4 is 4.90 Å². The fourth-order valence-corrected chi connectivity index (χ4v) is 4.90. The first kappa shape index (κ1) is 24.8. The Kier molecular flexibility index (Phi) is 7.84. The first-order valence-corrected chi connectivity index (χ1v) is 12.5. The van der Waals surface area contributed by atoms with Crippen LogP contribution >= 0.6 is 0 Å². The predicted molar refractivity (Wildman–Crippen MR) is 147 cm³/mol. The van der Waals surface area contributed by atoms with Gasteiger partial charge in [-0.05, 0) is 76.8 Å². The maximum absolute atomic E-state index is 3.97. The summed E-state index contributed by atoms with van der Waals surface area (Å²) >= 11 is 0. The number of benzene rings is 3. The summed E-state index contributed by atoms with van der Waals surface area (Å²) in [6.07, 6.45) is 6.67. The molecule has 1 nitrogen and oxygen atoms in total. The van der Waals surface area contributed by atoms with Crippen LogP contribution in [0.15, 0.2) is 79.4 Å². The second-order valence-corrected chi connectivity index (χ2v) is 10.5. The van der Waals surface area contributed by atoms with Gasteiger partial charge in [-0.2, -0.15) is 0 Å². The lowest BCUT2D eigenvalue weighted by Gasteiger charge is -2.29. The molecule has 0 spiro atoms. The van der Waals surface area contributed by atoms with Gasteiger partial charge >= 0.3 is 0 Å². The summed E-state index contributed by atoms with van der Waals surface area (Å²) in [6.45, 7) is 17.9. The monoisotopic (exact) mass is 439 g/mol. The molecule has 0 amide bonds. The third-order valence-electron chi connectivity index (χ3n) is 6.93. The summed E-state index contributed by atoms with van der Waals surface area (Å²) in [7, 11) is 0. The van der Waals surface area contributed by atoms with E-state index in [2.05, 4.69) is 126 Å². The first-order valence-electron chi connectivity index (χ1n) is 12.5. The molecule has 1 heteroatoms. The number of nitrogens with zero attached hydrogens (tertiary/aromatic N) is 1. The Morgan fingerprint density at radius 1 is 0.667 bits per heavy atom. The number of hydrogen-bond donors (Lipinski definition) is 0. The second-order valence-electron chi connectivity index (χ2n) is 10.5. The van der Waals surface area contributed by atoms with Gasteiger partial charge in [-0.15, -0.1) is 0 Å². The number of rotatable bonds is 10. The van der Waals surface area contributed by atoms with Crippen LogP contribution in [-0.4, -0.2) is 0 Å². The molecule has 0 heterocycles. The molecule has 174 valence electrons. The minimum Gasteiger partial charge on any atom is -0.310 e. The van der Waals surface area contributed by atoms with E-state index in [1.807, 2.05) is 6.08 Å². The quantitative estimate of drug-likeness (QED) is 0.304. The zero-order chi connectivity index (χ0) is 24.1. The van der Waals surface area contributed by atoms with Crippen molar-refractivity contribution in [2.45, 2.75) is 78.1 Å². The molecule has 0 saturated carbocycles. The first-order chi connectivity index (χ1) is 15.7. The second kappa shape index (κ2) is 10.4. The predicted octanol–water partition coefficient (Wildman–Crippen LogP) is 9.95. The summed E-state index contributed by atoms with van der Waals surface area (Å²) in [5, 5.41) is 0.